The van der Waals surface area contributed by atoms with E-state index in [4.69, 9.17) is 14.2 Å². The fraction of sp³-hybridized carbons (Fsp3) is 0.478. The molecule has 1 aliphatic heterocycles. The van der Waals surface area contributed by atoms with Gasteiger partial charge >= 0.3 is 0 Å². The summed E-state index contributed by atoms with van der Waals surface area (Å²) in [5.41, 5.74) is 5.27. The number of benzene rings is 2. The van der Waals surface area contributed by atoms with Gasteiger partial charge in [0, 0.05) is 18.1 Å². The van der Waals surface area contributed by atoms with E-state index >= 15 is 0 Å². The smallest absolute Gasteiger partial charge is 0.128 e. The number of fused-ring (bicyclic) bond motifs is 1. The van der Waals surface area contributed by atoms with Crippen LogP contribution in [0.5, 0.6) is 11.5 Å². The van der Waals surface area contributed by atoms with Gasteiger partial charge in [0.15, 0.2) is 0 Å². The molecule has 1 heterocycles. The standard InChI is InChI=1S/C23H30B2O7/c1-30-16-8-17(31-2)14(22-21(29)20(28)19(27)18(10-26)32-22)7-12(16)5-11-3-4-15-13(6-11)9-23(15,24)25/h3-4,6-8,18-22,26-29H,5,9-10,24-25H2,1-2H3/t18-,19-,20+,21-,22+/m1/s1. The molecule has 1 fully saturated rings. The fourth-order valence-corrected chi connectivity index (χ4v) is 4.96. The SMILES string of the molecule is BC1(B)Cc2cc(Cc3cc([C@@H]4O[C@H](CO)[C@@H](O)[C@H](O)[C@H]4O)c(OC)cc3OC)ccc21. The Labute approximate surface area is 189 Å². The van der Waals surface area contributed by atoms with Crippen LogP contribution in [0.4, 0.5) is 0 Å². The van der Waals surface area contributed by atoms with E-state index in [2.05, 4.69) is 33.9 Å². The molecule has 0 bridgehead atoms. The molecular formula is C23H30B2O7. The highest BCUT2D eigenvalue weighted by Crippen LogP contribution is 2.41. The summed E-state index contributed by atoms with van der Waals surface area (Å²) < 4.78 is 16.9. The van der Waals surface area contributed by atoms with Crippen molar-refractivity contribution in [1.82, 2.24) is 0 Å². The van der Waals surface area contributed by atoms with Gasteiger partial charge < -0.3 is 34.6 Å². The molecule has 0 radical (unpaired) electrons. The number of rotatable bonds is 6. The zero-order chi connectivity index (χ0) is 23.2. The Morgan fingerprint density at radius 2 is 1.72 bits per heavy atom. The predicted octanol–water partition coefficient (Wildman–Crippen LogP) is -1.22. The maximum Gasteiger partial charge on any atom is 0.128 e. The molecule has 0 amide bonds. The van der Waals surface area contributed by atoms with Gasteiger partial charge in [-0.1, -0.05) is 29.0 Å². The van der Waals surface area contributed by atoms with Crippen molar-refractivity contribution in [2.45, 2.75) is 48.6 Å². The monoisotopic (exact) mass is 440 g/mol. The molecule has 1 aliphatic carbocycles. The molecule has 2 aromatic carbocycles. The third-order valence-corrected chi connectivity index (χ3v) is 6.76. The van der Waals surface area contributed by atoms with Gasteiger partial charge in [-0.2, -0.15) is 0 Å². The fourth-order valence-electron chi connectivity index (χ4n) is 4.96. The molecule has 0 aromatic heterocycles. The van der Waals surface area contributed by atoms with Crippen LogP contribution in [0.2, 0.25) is 0 Å². The van der Waals surface area contributed by atoms with Crippen molar-refractivity contribution < 1.29 is 34.6 Å². The topological polar surface area (TPSA) is 109 Å². The van der Waals surface area contributed by atoms with Crippen molar-refractivity contribution in [2.75, 3.05) is 20.8 Å². The van der Waals surface area contributed by atoms with Gasteiger partial charge in [-0.15, -0.1) is 0 Å². The number of hydrogen-bond acceptors (Lipinski definition) is 7. The molecular weight excluding hydrogens is 410 g/mol. The second-order valence-corrected chi connectivity index (χ2v) is 9.38. The van der Waals surface area contributed by atoms with E-state index in [-0.39, 0.29) is 5.21 Å². The lowest BCUT2D eigenvalue weighted by atomic mass is 9.42. The summed E-state index contributed by atoms with van der Waals surface area (Å²) in [5.74, 6) is 1.06. The first kappa shape index (κ1) is 23.1. The Morgan fingerprint density at radius 3 is 2.31 bits per heavy atom. The quantitative estimate of drug-likeness (QED) is 0.418. The van der Waals surface area contributed by atoms with Crippen molar-refractivity contribution in [3.8, 4) is 11.5 Å². The highest BCUT2D eigenvalue weighted by atomic mass is 16.5. The Kier molecular flexibility index (Phi) is 6.31. The number of hydrogen-bond donors (Lipinski definition) is 4. The van der Waals surface area contributed by atoms with Crippen molar-refractivity contribution >= 4 is 15.7 Å². The molecule has 0 unspecified atom stereocenters. The van der Waals surface area contributed by atoms with Crippen LogP contribution in [0.15, 0.2) is 30.3 Å². The van der Waals surface area contributed by atoms with E-state index in [1.165, 1.54) is 18.2 Å². The molecule has 4 N–H and O–H groups in total. The molecule has 2 aliphatic rings. The lowest BCUT2D eigenvalue weighted by molar-refractivity contribution is -0.232. The summed E-state index contributed by atoms with van der Waals surface area (Å²) >= 11 is 0. The molecule has 0 spiro atoms. The van der Waals surface area contributed by atoms with Crippen molar-refractivity contribution in [3.63, 3.8) is 0 Å². The van der Waals surface area contributed by atoms with E-state index in [0.29, 0.717) is 23.5 Å². The minimum Gasteiger partial charge on any atom is -0.496 e. The first-order valence-corrected chi connectivity index (χ1v) is 10.9. The third-order valence-electron chi connectivity index (χ3n) is 6.76. The minimum atomic E-state index is -1.46. The summed E-state index contributed by atoms with van der Waals surface area (Å²) in [4.78, 5) is 0. The summed E-state index contributed by atoms with van der Waals surface area (Å²) in [6.07, 6.45) is -4.59. The van der Waals surface area contributed by atoms with Crippen LogP contribution in [0.25, 0.3) is 0 Å². The Morgan fingerprint density at radius 1 is 1.00 bits per heavy atom. The van der Waals surface area contributed by atoms with Crippen molar-refractivity contribution in [2.24, 2.45) is 0 Å². The zero-order valence-corrected chi connectivity index (χ0v) is 18.9. The Balaban J connectivity index is 1.70. The second kappa shape index (κ2) is 8.72. The lowest BCUT2D eigenvalue weighted by Gasteiger charge is -2.40. The van der Waals surface area contributed by atoms with Crippen LogP contribution in [0.3, 0.4) is 0 Å². The molecule has 2 aromatic rings. The maximum atomic E-state index is 10.6. The Hall–Kier alpha value is -2.03. The first-order chi connectivity index (χ1) is 15.2. The van der Waals surface area contributed by atoms with Gasteiger partial charge in [-0.3, -0.25) is 0 Å². The average molecular weight is 440 g/mol. The number of aliphatic hydroxyl groups is 4. The summed E-state index contributed by atoms with van der Waals surface area (Å²) in [7, 11) is 7.58. The van der Waals surface area contributed by atoms with Crippen LogP contribution in [-0.4, -0.2) is 81.4 Å². The molecule has 170 valence electrons. The molecule has 0 saturated carbocycles. The van der Waals surface area contributed by atoms with E-state index < -0.39 is 37.1 Å². The zero-order valence-electron chi connectivity index (χ0n) is 18.9. The normalized spacial score (nSPS) is 28.5. The molecule has 5 atom stereocenters. The van der Waals surface area contributed by atoms with Crippen LogP contribution in [-0.2, 0) is 22.8 Å². The highest BCUT2D eigenvalue weighted by molar-refractivity contribution is 6.41. The van der Waals surface area contributed by atoms with E-state index in [1.807, 2.05) is 6.07 Å². The molecule has 4 rings (SSSR count). The second-order valence-electron chi connectivity index (χ2n) is 9.38. The van der Waals surface area contributed by atoms with Gasteiger partial charge in [-0.25, -0.2) is 0 Å². The first-order valence-electron chi connectivity index (χ1n) is 10.9. The van der Waals surface area contributed by atoms with E-state index in [1.54, 1.807) is 13.2 Å². The number of aliphatic hydroxyl groups excluding tert-OH is 4. The summed E-state index contributed by atoms with van der Waals surface area (Å²) in [5, 5.41) is 40.8. The van der Waals surface area contributed by atoms with Gasteiger partial charge in [0.1, 0.15) is 57.7 Å². The van der Waals surface area contributed by atoms with Crippen LogP contribution >= 0.6 is 0 Å². The highest BCUT2D eigenvalue weighted by Gasteiger charge is 2.45. The van der Waals surface area contributed by atoms with Crippen LogP contribution < -0.4 is 9.47 Å². The van der Waals surface area contributed by atoms with Gasteiger partial charge in [-0.05, 0) is 29.2 Å². The number of methoxy groups -OCH3 is 2. The van der Waals surface area contributed by atoms with E-state index in [0.717, 1.165) is 17.5 Å². The largest absolute Gasteiger partial charge is 0.496 e. The predicted molar refractivity (Wildman–Crippen MR) is 124 cm³/mol. The average Bonchev–Trinajstić information content (AvgIpc) is 2.77. The number of ether oxygens (including phenoxy) is 3. The van der Waals surface area contributed by atoms with Crippen molar-refractivity contribution in [1.29, 1.82) is 0 Å². The van der Waals surface area contributed by atoms with Crippen molar-refractivity contribution in [3.05, 3.63) is 58.1 Å². The third kappa shape index (κ3) is 3.93. The minimum absolute atomic E-state index is 0.224. The van der Waals surface area contributed by atoms with Gasteiger partial charge in [0.05, 0.1) is 20.8 Å². The maximum absolute atomic E-state index is 10.6. The molecule has 1 saturated heterocycles. The van der Waals surface area contributed by atoms with Crippen LogP contribution in [0, 0.1) is 0 Å². The lowest BCUT2D eigenvalue weighted by Crippen LogP contribution is -2.55. The summed E-state index contributed by atoms with van der Waals surface area (Å²) in [6.45, 7) is -0.488. The molecule has 32 heavy (non-hydrogen) atoms. The summed E-state index contributed by atoms with van der Waals surface area (Å²) in [6, 6.07) is 10.1. The Bertz CT molecular complexity index is 995. The van der Waals surface area contributed by atoms with Crippen LogP contribution in [0.1, 0.15) is 33.9 Å². The molecule has 9 heteroatoms. The molecule has 7 nitrogen and oxygen atoms in total. The van der Waals surface area contributed by atoms with Gasteiger partial charge in [0.2, 0.25) is 0 Å². The van der Waals surface area contributed by atoms with E-state index in [9.17, 15) is 20.4 Å². The van der Waals surface area contributed by atoms with Gasteiger partial charge in [0.25, 0.3) is 0 Å².